The lowest BCUT2D eigenvalue weighted by Crippen LogP contribution is -2.09. The predicted octanol–water partition coefficient (Wildman–Crippen LogP) is 4.64. The summed E-state index contributed by atoms with van der Waals surface area (Å²) in [6, 6.07) is 24.0. The topological polar surface area (TPSA) is 64.8 Å². The summed E-state index contributed by atoms with van der Waals surface area (Å²) in [6.07, 6.45) is 0. The van der Waals surface area contributed by atoms with Gasteiger partial charge in [0, 0.05) is 17.0 Å². The standard InChI is InChI=1S/C22H18FN3O2S2/c23-18-13-11-17(12-14-18)21-24-25-22(26(21)19-7-3-1-4-8-19)29-15-16-30(27,28)20-9-5-2-6-10-20/h1-14H,15-16H2. The average molecular weight is 440 g/mol. The van der Waals surface area contributed by atoms with Crippen LogP contribution in [0.1, 0.15) is 0 Å². The summed E-state index contributed by atoms with van der Waals surface area (Å²) in [5, 5.41) is 9.13. The van der Waals surface area contributed by atoms with Crippen LogP contribution in [0.2, 0.25) is 0 Å². The van der Waals surface area contributed by atoms with Gasteiger partial charge in [-0.05, 0) is 48.5 Å². The smallest absolute Gasteiger partial charge is 0.196 e. The van der Waals surface area contributed by atoms with Gasteiger partial charge in [-0.15, -0.1) is 10.2 Å². The predicted molar refractivity (Wildman–Crippen MR) is 116 cm³/mol. The van der Waals surface area contributed by atoms with Crippen molar-refractivity contribution in [2.75, 3.05) is 11.5 Å². The Labute approximate surface area is 178 Å². The molecule has 3 aromatic carbocycles. The van der Waals surface area contributed by atoms with Crippen molar-refractivity contribution in [3.63, 3.8) is 0 Å². The maximum Gasteiger partial charge on any atom is 0.196 e. The molecule has 0 amide bonds. The molecule has 0 bridgehead atoms. The number of sulfone groups is 1. The molecule has 0 atom stereocenters. The number of hydrogen-bond donors (Lipinski definition) is 0. The van der Waals surface area contributed by atoms with Gasteiger partial charge in [0.1, 0.15) is 5.82 Å². The Morgan fingerprint density at radius 1 is 0.833 bits per heavy atom. The zero-order chi connectivity index (χ0) is 21.0. The van der Waals surface area contributed by atoms with Gasteiger partial charge in [-0.25, -0.2) is 12.8 Å². The quantitative estimate of drug-likeness (QED) is 0.393. The Balaban J connectivity index is 1.61. The van der Waals surface area contributed by atoms with Crippen LogP contribution in [0.5, 0.6) is 0 Å². The van der Waals surface area contributed by atoms with E-state index >= 15 is 0 Å². The normalized spacial score (nSPS) is 11.5. The van der Waals surface area contributed by atoms with Gasteiger partial charge in [0.25, 0.3) is 0 Å². The molecule has 0 fully saturated rings. The second kappa shape index (κ2) is 8.81. The molecule has 1 aromatic heterocycles. The number of nitrogens with zero attached hydrogens (tertiary/aromatic N) is 3. The van der Waals surface area contributed by atoms with Gasteiger partial charge in [-0.3, -0.25) is 4.57 Å². The molecule has 152 valence electrons. The van der Waals surface area contributed by atoms with E-state index in [1.165, 1.54) is 23.9 Å². The SMILES string of the molecule is O=S(=O)(CCSc1nnc(-c2ccc(F)cc2)n1-c1ccccc1)c1ccccc1. The van der Waals surface area contributed by atoms with E-state index in [0.717, 1.165) is 11.3 Å². The Bertz CT molecular complexity index is 1230. The molecule has 0 aliphatic carbocycles. The van der Waals surface area contributed by atoms with Gasteiger partial charge in [0.05, 0.1) is 10.6 Å². The molecule has 0 saturated carbocycles. The van der Waals surface area contributed by atoms with Crippen LogP contribution in [0.25, 0.3) is 17.1 Å². The minimum Gasteiger partial charge on any atom is -0.270 e. The van der Waals surface area contributed by atoms with Crippen LogP contribution in [0, 0.1) is 5.82 Å². The van der Waals surface area contributed by atoms with Gasteiger partial charge in [0.2, 0.25) is 0 Å². The Morgan fingerprint density at radius 2 is 1.47 bits per heavy atom. The fourth-order valence-corrected chi connectivity index (χ4v) is 5.57. The number of rotatable bonds is 7. The van der Waals surface area contributed by atoms with Crippen LogP contribution in [0.4, 0.5) is 4.39 Å². The summed E-state index contributed by atoms with van der Waals surface area (Å²) >= 11 is 1.32. The molecule has 0 saturated heterocycles. The summed E-state index contributed by atoms with van der Waals surface area (Å²) < 4.78 is 40.3. The van der Waals surface area contributed by atoms with E-state index in [9.17, 15) is 12.8 Å². The first-order valence-corrected chi connectivity index (χ1v) is 11.9. The van der Waals surface area contributed by atoms with Crippen LogP contribution >= 0.6 is 11.8 Å². The number of aromatic nitrogens is 3. The monoisotopic (exact) mass is 439 g/mol. The molecule has 0 aliphatic heterocycles. The van der Waals surface area contributed by atoms with Crippen molar-refractivity contribution in [2.45, 2.75) is 10.1 Å². The van der Waals surface area contributed by atoms with Crippen molar-refractivity contribution in [2.24, 2.45) is 0 Å². The van der Waals surface area contributed by atoms with E-state index < -0.39 is 9.84 Å². The van der Waals surface area contributed by atoms with Gasteiger partial charge in [-0.2, -0.15) is 0 Å². The maximum atomic E-state index is 13.3. The third kappa shape index (κ3) is 4.44. The first-order valence-electron chi connectivity index (χ1n) is 9.22. The van der Waals surface area contributed by atoms with E-state index in [-0.39, 0.29) is 11.6 Å². The number of benzene rings is 3. The molecule has 8 heteroatoms. The molecule has 0 N–H and O–H groups in total. The zero-order valence-corrected chi connectivity index (χ0v) is 17.5. The summed E-state index contributed by atoms with van der Waals surface area (Å²) in [5.41, 5.74) is 1.56. The van der Waals surface area contributed by atoms with Crippen molar-refractivity contribution in [1.82, 2.24) is 14.8 Å². The minimum absolute atomic E-state index is 0.0186. The molecule has 0 aliphatic rings. The third-order valence-corrected chi connectivity index (χ3v) is 7.36. The molecular weight excluding hydrogens is 421 g/mol. The molecule has 30 heavy (non-hydrogen) atoms. The number of halogens is 1. The highest BCUT2D eigenvalue weighted by Crippen LogP contribution is 2.28. The van der Waals surface area contributed by atoms with Crippen LogP contribution in [-0.2, 0) is 9.84 Å². The highest BCUT2D eigenvalue weighted by Gasteiger charge is 2.18. The van der Waals surface area contributed by atoms with Crippen molar-refractivity contribution < 1.29 is 12.8 Å². The van der Waals surface area contributed by atoms with E-state index in [4.69, 9.17) is 0 Å². The molecule has 4 rings (SSSR count). The fourth-order valence-electron chi connectivity index (χ4n) is 2.95. The molecular formula is C22H18FN3O2S2. The first-order chi connectivity index (χ1) is 14.5. The molecule has 1 heterocycles. The molecule has 0 spiro atoms. The largest absolute Gasteiger partial charge is 0.270 e. The van der Waals surface area contributed by atoms with E-state index in [0.29, 0.717) is 21.6 Å². The summed E-state index contributed by atoms with van der Waals surface area (Å²) in [7, 11) is -3.38. The first kappa shape index (κ1) is 20.3. The lowest BCUT2D eigenvalue weighted by Gasteiger charge is -2.10. The van der Waals surface area contributed by atoms with Crippen molar-refractivity contribution in [3.05, 3.63) is 90.7 Å². The lowest BCUT2D eigenvalue weighted by molar-refractivity contribution is 0.597. The van der Waals surface area contributed by atoms with Crippen molar-refractivity contribution >= 4 is 21.6 Å². The van der Waals surface area contributed by atoms with Gasteiger partial charge in [0.15, 0.2) is 20.8 Å². The minimum atomic E-state index is -3.38. The van der Waals surface area contributed by atoms with E-state index in [1.54, 1.807) is 42.5 Å². The number of hydrogen-bond acceptors (Lipinski definition) is 5. The third-order valence-electron chi connectivity index (χ3n) is 4.44. The lowest BCUT2D eigenvalue weighted by atomic mass is 10.2. The molecule has 0 unspecified atom stereocenters. The highest BCUT2D eigenvalue weighted by molar-refractivity contribution is 8.00. The van der Waals surface area contributed by atoms with Crippen LogP contribution in [-0.4, -0.2) is 34.7 Å². The van der Waals surface area contributed by atoms with Crippen LogP contribution < -0.4 is 0 Å². The fraction of sp³-hybridized carbons (Fsp3) is 0.0909. The van der Waals surface area contributed by atoms with E-state index in [1.807, 2.05) is 34.9 Å². The summed E-state index contributed by atoms with van der Waals surface area (Å²) in [4.78, 5) is 0.308. The number of para-hydroxylation sites is 1. The van der Waals surface area contributed by atoms with Crippen molar-refractivity contribution in [1.29, 1.82) is 0 Å². The van der Waals surface area contributed by atoms with Gasteiger partial charge >= 0.3 is 0 Å². The molecule has 4 aromatic rings. The van der Waals surface area contributed by atoms with E-state index in [2.05, 4.69) is 10.2 Å². The number of thioether (sulfide) groups is 1. The second-order valence-electron chi connectivity index (χ2n) is 6.46. The van der Waals surface area contributed by atoms with Crippen LogP contribution in [0.3, 0.4) is 0 Å². The van der Waals surface area contributed by atoms with Gasteiger partial charge in [-0.1, -0.05) is 48.2 Å². The van der Waals surface area contributed by atoms with Crippen LogP contribution in [0.15, 0.2) is 95.0 Å². The Morgan fingerprint density at radius 3 is 2.13 bits per heavy atom. The highest BCUT2D eigenvalue weighted by atomic mass is 32.2. The Hall–Kier alpha value is -2.97. The Kier molecular flexibility index (Phi) is 5.96. The van der Waals surface area contributed by atoms with Gasteiger partial charge < -0.3 is 0 Å². The maximum absolute atomic E-state index is 13.3. The van der Waals surface area contributed by atoms with Crippen molar-refractivity contribution in [3.8, 4) is 17.1 Å². The summed E-state index contributed by atoms with van der Waals surface area (Å²) in [5.74, 6) is 0.542. The molecule has 5 nitrogen and oxygen atoms in total. The molecule has 0 radical (unpaired) electrons. The zero-order valence-electron chi connectivity index (χ0n) is 15.8. The summed E-state index contributed by atoms with van der Waals surface area (Å²) in [6.45, 7) is 0. The second-order valence-corrected chi connectivity index (χ2v) is 9.64. The average Bonchev–Trinajstić information content (AvgIpc) is 3.19.